The van der Waals surface area contributed by atoms with Crippen molar-refractivity contribution in [3.8, 4) is 5.75 Å². The van der Waals surface area contributed by atoms with E-state index in [0.717, 1.165) is 6.08 Å². The van der Waals surface area contributed by atoms with Crippen LogP contribution in [0.2, 0.25) is 5.02 Å². The van der Waals surface area contributed by atoms with Gasteiger partial charge in [0.1, 0.15) is 15.6 Å². The summed E-state index contributed by atoms with van der Waals surface area (Å²) in [6, 6.07) is 4.97. The van der Waals surface area contributed by atoms with Crippen molar-refractivity contribution in [1.82, 2.24) is 0 Å². The molecular formula is C14H17ClO5S. The predicted molar refractivity (Wildman–Crippen MR) is 82.6 cm³/mol. The van der Waals surface area contributed by atoms with Gasteiger partial charge < -0.3 is 9.84 Å². The van der Waals surface area contributed by atoms with E-state index in [4.69, 9.17) is 21.4 Å². The molecule has 0 amide bonds. The highest BCUT2D eigenvalue weighted by Crippen LogP contribution is 2.29. The van der Waals surface area contributed by atoms with Crippen molar-refractivity contribution >= 4 is 33.5 Å². The lowest BCUT2D eigenvalue weighted by Crippen LogP contribution is -2.12. The summed E-state index contributed by atoms with van der Waals surface area (Å²) in [6.45, 7) is 1.79. The molecule has 0 fully saturated rings. The molecule has 1 N–H and O–H groups in total. The molecule has 1 aromatic carbocycles. The quantitative estimate of drug-likeness (QED) is 0.584. The molecule has 1 aromatic rings. The molecule has 0 saturated heterocycles. The molecular weight excluding hydrogens is 316 g/mol. The van der Waals surface area contributed by atoms with Crippen LogP contribution in [0.15, 0.2) is 24.3 Å². The molecule has 0 aliphatic rings. The molecule has 21 heavy (non-hydrogen) atoms. The van der Waals surface area contributed by atoms with Crippen LogP contribution in [0.25, 0.3) is 6.08 Å². The van der Waals surface area contributed by atoms with Gasteiger partial charge in [-0.3, -0.25) is 0 Å². The molecule has 5 nitrogen and oxygen atoms in total. The van der Waals surface area contributed by atoms with Crippen LogP contribution in [-0.2, 0) is 14.6 Å². The van der Waals surface area contributed by atoms with Gasteiger partial charge in [0.25, 0.3) is 0 Å². The Morgan fingerprint density at radius 2 is 2.14 bits per heavy atom. The fourth-order valence-corrected chi connectivity index (χ4v) is 2.65. The molecule has 0 heterocycles. The molecule has 0 aliphatic heterocycles. The van der Waals surface area contributed by atoms with Crippen LogP contribution in [0, 0.1) is 0 Å². The Balaban J connectivity index is 2.72. The second-order valence-electron chi connectivity index (χ2n) is 4.27. The number of carboxylic acid groups (broad SMARTS) is 1. The number of rotatable bonds is 8. The van der Waals surface area contributed by atoms with E-state index in [1.165, 1.54) is 6.08 Å². The maximum absolute atomic E-state index is 11.4. The maximum atomic E-state index is 11.4. The molecule has 1 rings (SSSR count). The summed E-state index contributed by atoms with van der Waals surface area (Å²) < 4.78 is 28.2. The molecule has 0 bridgehead atoms. The van der Waals surface area contributed by atoms with Crippen molar-refractivity contribution in [1.29, 1.82) is 0 Å². The van der Waals surface area contributed by atoms with Gasteiger partial charge in [0.05, 0.1) is 17.4 Å². The van der Waals surface area contributed by atoms with E-state index in [2.05, 4.69) is 0 Å². The molecule has 116 valence electrons. The van der Waals surface area contributed by atoms with Gasteiger partial charge in [0.2, 0.25) is 0 Å². The van der Waals surface area contributed by atoms with E-state index in [9.17, 15) is 13.2 Å². The number of aliphatic carboxylic acids is 1. The van der Waals surface area contributed by atoms with Crippen molar-refractivity contribution in [2.24, 2.45) is 0 Å². The fourth-order valence-electron chi connectivity index (χ4n) is 1.57. The number of carbonyl (C=O) groups is 1. The molecule has 0 aliphatic carbocycles. The summed E-state index contributed by atoms with van der Waals surface area (Å²) in [6.07, 6.45) is 2.72. The minimum atomic E-state index is -3.02. The average molecular weight is 333 g/mol. The van der Waals surface area contributed by atoms with E-state index in [1.807, 2.05) is 0 Å². The third-order valence-corrected chi connectivity index (χ3v) is 4.78. The number of sulfone groups is 1. The zero-order valence-electron chi connectivity index (χ0n) is 11.6. The van der Waals surface area contributed by atoms with Crippen molar-refractivity contribution in [3.63, 3.8) is 0 Å². The summed E-state index contributed by atoms with van der Waals surface area (Å²) in [4.78, 5) is 10.5. The molecule has 0 spiro atoms. The van der Waals surface area contributed by atoms with Crippen molar-refractivity contribution < 1.29 is 23.1 Å². The van der Waals surface area contributed by atoms with Crippen LogP contribution in [0.5, 0.6) is 5.75 Å². The summed E-state index contributed by atoms with van der Waals surface area (Å²) >= 11 is 6.02. The Morgan fingerprint density at radius 1 is 1.43 bits per heavy atom. The highest BCUT2D eigenvalue weighted by molar-refractivity contribution is 7.91. The average Bonchev–Trinajstić information content (AvgIpc) is 2.43. The third kappa shape index (κ3) is 6.18. The lowest BCUT2D eigenvalue weighted by atomic mass is 10.2. The zero-order chi connectivity index (χ0) is 15.9. The Labute approximate surface area is 129 Å². The second kappa shape index (κ2) is 8.05. The first-order valence-electron chi connectivity index (χ1n) is 6.38. The number of benzene rings is 1. The zero-order valence-corrected chi connectivity index (χ0v) is 13.2. The number of halogens is 1. The van der Waals surface area contributed by atoms with Crippen LogP contribution in [0.3, 0.4) is 0 Å². The first-order valence-corrected chi connectivity index (χ1v) is 8.58. The fraction of sp³-hybridized carbons (Fsp3) is 0.357. The van der Waals surface area contributed by atoms with Crippen LogP contribution in [-0.4, -0.2) is 37.6 Å². The minimum absolute atomic E-state index is 0.0499. The van der Waals surface area contributed by atoms with E-state index in [0.29, 0.717) is 22.8 Å². The maximum Gasteiger partial charge on any atom is 0.328 e. The van der Waals surface area contributed by atoms with Crippen LogP contribution >= 0.6 is 11.6 Å². The first kappa shape index (κ1) is 17.5. The van der Waals surface area contributed by atoms with Crippen molar-refractivity contribution in [2.75, 3.05) is 18.1 Å². The van der Waals surface area contributed by atoms with Crippen LogP contribution < -0.4 is 4.74 Å². The Kier molecular flexibility index (Phi) is 6.71. The van der Waals surface area contributed by atoms with Gasteiger partial charge in [0, 0.05) is 17.4 Å². The highest BCUT2D eigenvalue weighted by atomic mass is 35.5. The van der Waals surface area contributed by atoms with Gasteiger partial charge in [-0.1, -0.05) is 30.7 Å². The standard InChI is InChI=1S/C14H17ClO5S/c1-2-21(18,19)10-4-9-20-14-11(7-8-13(16)17)5-3-6-12(14)15/h3,5-8H,2,4,9-10H2,1H3,(H,16,17)/b8-7+. The van der Waals surface area contributed by atoms with Crippen molar-refractivity contribution in [3.05, 3.63) is 34.9 Å². The van der Waals surface area contributed by atoms with Gasteiger partial charge >= 0.3 is 5.97 Å². The van der Waals surface area contributed by atoms with E-state index >= 15 is 0 Å². The van der Waals surface area contributed by atoms with Gasteiger partial charge in [0.15, 0.2) is 0 Å². The number of para-hydroxylation sites is 1. The molecule has 0 radical (unpaired) electrons. The summed E-state index contributed by atoms with van der Waals surface area (Å²) in [7, 11) is -3.02. The normalized spacial score (nSPS) is 11.7. The monoisotopic (exact) mass is 332 g/mol. The Hall–Kier alpha value is -1.53. The largest absolute Gasteiger partial charge is 0.491 e. The van der Waals surface area contributed by atoms with Gasteiger partial charge in [-0.15, -0.1) is 0 Å². The number of ether oxygens (including phenoxy) is 1. The summed E-state index contributed by atoms with van der Waals surface area (Å²) in [5, 5.41) is 8.99. The number of hydrogen-bond acceptors (Lipinski definition) is 4. The smallest absolute Gasteiger partial charge is 0.328 e. The topological polar surface area (TPSA) is 80.7 Å². The Morgan fingerprint density at radius 3 is 2.76 bits per heavy atom. The molecule has 0 unspecified atom stereocenters. The molecule has 0 saturated carbocycles. The first-order chi connectivity index (χ1) is 9.85. The lowest BCUT2D eigenvalue weighted by Gasteiger charge is -2.11. The van der Waals surface area contributed by atoms with Gasteiger partial charge in [-0.25, -0.2) is 13.2 Å². The third-order valence-electron chi connectivity index (χ3n) is 2.69. The van der Waals surface area contributed by atoms with Crippen LogP contribution in [0.4, 0.5) is 0 Å². The van der Waals surface area contributed by atoms with E-state index < -0.39 is 15.8 Å². The minimum Gasteiger partial charge on any atom is -0.491 e. The van der Waals surface area contributed by atoms with Crippen molar-refractivity contribution in [2.45, 2.75) is 13.3 Å². The molecule has 0 aromatic heterocycles. The highest BCUT2D eigenvalue weighted by Gasteiger charge is 2.09. The van der Waals surface area contributed by atoms with Gasteiger partial charge in [-0.2, -0.15) is 0 Å². The number of carboxylic acids is 1. The molecule has 7 heteroatoms. The number of hydrogen-bond donors (Lipinski definition) is 1. The molecule has 0 atom stereocenters. The van der Waals surface area contributed by atoms with E-state index in [-0.39, 0.29) is 18.1 Å². The predicted octanol–water partition coefficient (Wildman–Crippen LogP) is 2.64. The SMILES string of the molecule is CCS(=O)(=O)CCCOc1c(Cl)cccc1/C=C/C(=O)O. The van der Waals surface area contributed by atoms with Gasteiger partial charge in [-0.05, 0) is 18.6 Å². The second-order valence-corrected chi connectivity index (χ2v) is 7.15. The summed E-state index contributed by atoms with van der Waals surface area (Å²) in [5.74, 6) is -0.569. The lowest BCUT2D eigenvalue weighted by molar-refractivity contribution is -0.131. The summed E-state index contributed by atoms with van der Waals surface area (Å²) in [5.41, 5.74) is 0.531. The Bertz CT molecular complexity index is 622. The van der Waals surface area contributed by atoms with E-state index in [1.54, 1.807) is 25.1 Å². The van der Waals surface area contributed by atoms with Crippen LogP contribution in [0.1, 0.15) is 18.9 Å².